The first-order valence-corrected chi connectivity index (χ1v) is 8.75. The number of hydrogen-bond donors (Lipinski definition) is 1. The summed E-state index contributed by atoms with van der Waals surface area (Å²) >= 11 is 0. The van der Waals surface area contributed by atoms with Crippen LogP contribution in [0, 0.1) is 0 Å². The van der Waals surface area contributed by atoms with Gasteiger partial charge in [-0.3, -0.25) is 0 Å². The third-order valence-electron chi connectivity index (χ3n) is 4.31. The number of anilines is 1. The Kier molecular flexibility index (Phi) is 5.63. The Hall–Kier alpha value is -2.73. The highest BCUT2D eigenvalue weighted by molar-refractivity contribution is 5.88. The van der Waals surface area contributed by atoms with E-state index in [4.69, 9.17) is 4.74 Å². The predicted octanol–water partition coefficient (Wildman–Crippen LogP) is 3.31. The van der Waals surface area contributed by atoms with Crippen LogP contribution in [0.15, 0.2) is 30.5 Å². The number of aromatic nitrogens is 2. The quantitative estimate of drug-likeness (QED) is 0.889. The maximum atomic E-state index is 11.3. The van der Waals surface area contributed by atoms with E-state index in [1.165, 1.54) is 11.9 Å². The number of carbonyl (C=O) groups is 1. The van der Waals surface area contributed by atoms with E-state index < -0.39 is 5.97 Å². The number of nitrogens with zero attached hydrogens (tertiary/aromatic N) is 3. The lowest BCUT2D eigenvalue weighted by Gasteiger charge is -2.28. The van der Waals surface area contributed by atoms with Gasteiger partial charge in [0.2, 0.25) is 0 Å². The lowest BCUT2D eigenvalue weighted by Crippen LogP contribution is -2.36. The second-order valence-electron chi connectivity index (χ2n) is 6.51. The molecule has 0 bridgehead atoms. The van der Waals surface area contributed by atoms with Gasteiger partial charge in [-0.15, -0.1) is 0 Å². The first-order valence-electron chi connectivity index (χ1n) is 8.75. The van der Waals surface area contributed by atoms with E-state index in [0.717, 1.165) is 31.9 Å². The summed E-state index contributed by atoms with van der Waals surface area (Å²) in [6.07, 6.45) is 5.12. The van der Waals surface area contributed by atoms with Crippen LogP contribution in [0.25, 0.3) is 12.2 Å². The molecule has 0 saturated carbocycles. The second kappa shape index (κ2) is 8.10. The molecule has 1 N–H and O–H groups in total. The highest BCUT2D eigenvalue weighted by Crippen LogP contribution is 2.19. The summed E-state index contributed by atoms with van der Waals surface area (Å²) in [6.45, 7) is 7.21. The summed E-state index contributed by atoms with van der Waals surface area (Å²) < 4.78 is 5.38. The Balaban J connectivity index is 1.75. The summed E-state index contributed by atoms with van der Waals surface area (Å²) in [6, 6.07) is 8.30. The number of carboxylic acid groups (broad SMARTS) is 1. The zero-order valence-electron chi connectivity index (χ0n) is 15.1. The topological polar surface area (TPSA) is 75.5 Å². The Morgan fingerprint density at radius 2 is 1.88 bits per heavy atom. The van der Waals surface area contributed by atoms with Crippen LogP contribution in [0.3, 0.4) is 0 Å². The molecule has 6 heteroatoms. The van der Waals surface area contributed by atoms with Crippen molar-refractivity contribution in [1.82, 2.24) is 9.97 Å². The first kappa shape index (κ1) is 18.1. The van der Waals surface area contributed by atoms with Crippen molar-refractivity contribution in [1.29, 1.82) is 0 Å². The molecule has 26 heavy (non-hydrogen) atoms. The lowest BCUT2D eigenvalue weighted by atomic mass is 10.1. The van der Waals surface area contributed by atoms with Gasteiger partial charge in [-0.05, 0) is 29.7 Å². The maximum Gasteiger partial charge on any atom is 0.339 e. The monoisotopic (exact) mass is 353 g/mol. The molecular formula is C20H23N3O3. The smallest absolute Gasteiger partial charge is 0.339 e. The molecule has 136 valence electrons. The molecule has 0 radical (unpaired) electrons. The fourth-order valence-corrected chi connectivity index (χ4v) is 2.88. The summed E-state index contributed by atoms with van der Waals surface area (Å²) in [5.74, 6) is -0.469. The molecule has 0 amide bonds. The van der Waals surface area contributed by atoms with E-state index in [2.05, 4.69) is 39.1 Å². The van der Waals surface area contributed by atoms with Crippen LogP contribution in [-0.2, 0) is 4.74 Å². The molecule has 2 aromatic rings. The van der Waals surface area contributed by atoms with Gasteiger partial charge in [-0.1, -0.05) is 32.1 Å². The number of aromatic carboxylic acids is 1. The Bertz CT molecular complexity index is 794. The molecule has 0 spiro atoms. The predicted molar refractivity (Wildman–Crippen MR) is 101 cm³/mol. The highest BCUT2D eigenvalue weighted by Gasteiger charge is 2.15. The zero-order chi connectivity index (χ0) is 18.5. The van der Waals surface area contributed by atoms with Crippen molar-refractivity contribution >= 4 is 23.8 Å². The fourth-order valence-electron chi connectivity index (χ4n) is 2.88. The minimum Gasteiger partial charge on any atom is -0.478 e. The van der Waals surface area contributed by atoms with Crippen molar-refractivity contribution in [3.05, 3.63) is 53.1 Å². The largest absolute Gasteiger partial charge is 0.478 e. The van der Waals surface area contributed by atoms with Crippen LogP contribution in [0.4, 0.5) is 5.69 Å². The molecule has 1 aliphatic rings. The third kappa shape index (κ3) is 4.26. The minimum absolute atomic E-state index is 0.0176. The molecule has 1 fully saturated rings. The number of carboxylic acids is 1. The molecule has 0 aliphatic carbocycles. The van der Waals surface area contributed by atoms with Crippen molar-refractivity contribution in [3.8, 4) is 0 Å². The molecule has 1 aromatic heterocycles. The van der Waals surface area contributed by atoms with Crippen LogP contribution in [0.2, 0.25) is 0 Å². The Labute approximate surface area is 153 Å². The highest BCUT2D eigenvalue weighted by atomic mass is 16.5. The van der Waals surface area contributed by atoms with Gasteiger partial charge in [0.25, 0.3) is 0 Å². The van der Waals surface area contributed by atoms with Crippen molar-refractivity contribution in [2.24, 2.45) is 0 Å². The number of hydrogen-bond acceptors (Lipinski definition) is 5. The van der Waals surface area contributed by atoms with E-state index in [0.29, 0.717) is 11.5 Å². The normalized spacial score (nSPS) is 15.0. The van der Waals surface area contributed by atoms with Crippen molar-refractivity contribution in [2.75, 3.05) is 31.2 Å². The lowest BCUT2D eigenvalue weighted by molar-refractivity contribution is 0.0694. The van der Waals surface area contributed by atoms with Gasteiger partial charge in [-0.2, -0.15) is 0 Å². The minimum atomic E-state index is -0.997. The van der Waals surface area contributed by atoms with Gasteiger partial charge in [-0.25, -0.2) is 14.8 Å². The van der Waals surface area contributed by atoms with Crippen LogP contribution < -0.4 is 4.90 Å². The SMILES string of the molecule is CC(C)c1nc(C=Cc2ccc(N3CCOCC3)cc2)ncc1C(=O)O. The van der Waals surface area contributed by atoms with Crippen molar-refractivity contribution < 1.29 is 14.6 Å². The molecular weight excluding hydrogens is 330 g/mol. The van der Waals surface area contributed by atoms with Gasteiger partial charge in [0.05, 0.1) is 24.5 Å². The number of ether oxygens (including phenoxy) is 1. The number of benzene rings is 1. The van der Waals surface area contributed by atoms with Gasteiger partial charge in [0, 0.05) is 25.0 Å². The van der Waals surface area contributed by atoms with E-state index in [-0.39, 0.29) is 11.5 Å². The van der Waals surface area contributed by atoms with E-state index in [9.17, 15) is 9.90 Å². The van der Waals surface area contributed by atoms with Crippen molar-refractivity contribution in [2.45, 2.75) is 19.8 Å². The Morgan fingerprint density at radius 1 is 1.19 bits per heavy atom. The molecule has 3 rings (SSSR count). The van der Waals surface area contributed by atoms with Gasteiger partial charge in [0.1, 0.15) is 0 Å². The average Bonchev–Trinajstić information content (AvgIpc) is 2.67. The van der Waals surface area contributed by atoms with Crippen molar-refractivity contribution in [3.63, 3.8) is 0 Å². The summed E-state index contributed by atoms with van der Waals surface area (Å²) in [4.78, 5) is 22.1. The van der Waals surface area contributed by atoms with Crippen LogP contribution >= 0.6 is 0 Å². The number of rotatable bonds is 5. The fraction of sp³-hybridized carbons (Fsp3) is 0.350. The summed E-state index contributed by atoms with van der Waals surface area (Å²) in [5, 5.41) is 9.24. The van der Waals surface area contributed by atoms with E-state index >= 15 is 0 Å². The standard InChI is InChI=1S/C20H23N3O3/c1-14(2)19-17(20(24)25)13-21-18(22-19)8-5-15-3-6-16(7-4-15)23-9-11-26-12-10-23/h3-8,13-14H,9-12H2,1-2H3,(H,24,25). The van der Waals surface area contributed by atoms with Gasteiger partial charge < -0.3 is 14.7 Å². The second-order valence-corrected chi connectivity index (χ2v) is 6.51. The zero-order valence-corrected chi connectivity index (χ0v) is 15.1. The molecule has 2 heterocycles. The molecule has 0 unspecified atom stereocenters. The molecule has 0 atom stereocenters. The summed E-state index contributed by atoms with van der Waals surface area (Å²) in [5.41, 5.74) is 2.94. The first-order chi connectivity index (χ1) is 12.5. The van der Waals surface area contributed by atoms with E-state index in [1.54, 1.807) is 6.08 Å². The van der Waals surface area contributed by atoms with Crippen LogP contribution in [-0.4, -0.2) is 47.3 Å². The van der Waals surface area contributed by atoms with E-state index in [1.807, 2.05) is 19.9 Å². The molecule has 1 saturated heterocycles. The molecule has 6 nitrogen and oxygen atoms in total. The third-order valence-corrected chi connectivity index (χ3v) is 4.31. The van der Waals surface area contributed by atoms with Gasteiger partial charge in [0.15, 0.2) is 5.82 Å². The average molecular weight is 353 g/mol. The Morgan fingerprint density at radius 3 is 2.50 bits per heavy atom. The van der Waals surface area contributed by atoms with Crippen LogP contribution in [0.5, 0.6) is 0 Å². The molecule has 1 aliphatic heterocycles. The maximum absolute atomic E-state index is 11.3. The number of morpholine rings is 1. The summed E-state index contributed by atoms with van der Waals surface area (Å²) in [7, 11) is 0. The van der Waals surface area contributed by atoms with Crippen LogP contribution in [0.1, 0.15) is 47.2 Å². The van der Waals surface area contributed by atoms with Gasteiger partial charge >= 0.3 is 5.97 Å². The molecule has 1 aromatic carbocycles.